The van der Waals surface area contributed by atoms with Crippen LogP contribution in [0.5, 0.6) is 0 Å². The third kappa shape index (κ3) is 4.66. The molecule has 0 radical (unpaired) electrons. The molecule has 11 aromatic rings. The Morgan fingerprint density at radius 2 is 1.08 bits per heavy atom. The summed E-state index contributed by atoms with van der Waals surface area (Å²) in [6.07, 6.45) is 0. The van der Waals surface area contributed by atoms with Crippen LogP contribution in [-0.4, -0.2) is 9.55 Å². The maximum absolute atomic E-state index is 6.69. The zero-order chi connectivity index (χ0) is 34.9. The van der Waals surface area contributed by atoms with Crippen molar-refractivity contribution in [3.8, 4) is 17.1 Å². The molecule has 4 nitrogen and oxygen atoms in total. The van der Waals surface area contributed by atoms with E-state index in [9.17, 15) is 0 Å². The largest absolute Gasteiger partial charge is 0.434 e. The van der Waals surface area contributed by atoms with E-state index in [1.807, 2.05) is 36.4 Å². The Kier molecular flexibility index (Phi) is 6.52. The quantitative estimate of drug-likeness (QED) is 0.170. The maximum Gasteiger partial charge on any atom is 0.227 e. The fourth-order valence-electron chi connectivity index (χ4n) is 8.12. The summed E-state index contributed by atoms with van der Waals surface area (Å²) in [6, 6.07) is 66.9. The lowest BCUT2D eigenvalue weighted by Crippen LogP contribution is -2.10. The minimum absolute atomic E-state index is 0.601. The number of nitrogens with zero attached hydrogens (tertiary/aromatic N) is 3. The number of benzene rings is 9. The van der Waals surface area contributed by atoms with E-state index in [0.717, 1.165) is 44.9 Å². The first-order valence-electron chi connectivity index (χ1n) is 18.0. The van der Waals surface area contributed by atoms with Crippen LogP contribution in [0.25, 0.3) is 82.4 Å². The summed E-state index contributed by atoms with van der Waals surface area (Å²) in [5, 5.41) is 9.71. The van der Waals surface area contributed by atoms with Crippen LogP contribution in [0.4, 0.5) is 17.1 Å². The molecule has 0 aliphatic carbocycles. The van der Waals surface area contributed by atoms with E-state index in [1.165, 1.54) is 48.6 Å². The van der Waals surface area contributed by atoms with E-state index in [-0.39, 0.29) is 0 Å². The molecule has 0 bridgehead atoms. The predicted octanol–water partition coefficient (Wildman–Crippen LogP) is 13.5. The van der Waals surface area contributed by atoms with E-state index in [0.29, 0.717) is 5.89 Å². The fourth-order valence-corrected chi connectivity index (χ4v) is 8.12. The second-order valence-electron chi connectivity index (χ2n) is 13.6. The summed E-state index contributed by atoms with van der Waals surface area (Å²) in [7, 11) is 0. The van der Waals surface area contributed by atoms with Crippen molar-refractivity contribution in [1.82, 2.24) is 9.55 Å². The van der Waals surface area contributed by atoms with Crippen LogP contribution in [0.15, 0.2) is 192 Å². The Morgan fingerprint density at radius 3 is 1.91 bits per heavy atom. The van der Waals surface area contributed by atoms with Gasteiger partial charge in [-0.1, -0.05) is 127 Å². The molecular weight excluding hydrogens is 647 g/mol. The molecule has 53 heavy (non-hydrogen) atoms. The van der Waals surface area contributed by atoms with Crippen molar-refractivity contribution < 1.29 is 4.42 Å². The molecule has 248 valence electrons. The van der Waals surface area contributed by atoms with Gasteiger partial charge in [0.05, 0.1) is 16.7 Å². The van der Waals surface area contributed by atoms with Crippen LogP contribution in [0, 0.1) is 0 Å². The summed E-state index contributed by atoms with van der Waals surface area (Å²) >= 11 is 0. The van der Waals surface area contributed by atoms with Crippen molar-refractivity contribution in [3.05, 3.63) is 188 Å². The standard InChI is InChI=1S/C49H31N3O/c1-3-14-35(15-4-1)49-50-44-20-11-21-45(48(44)53-49)51(37-26-24-34-23-22-32-12-7-9-18-39(32)43(34)30-37)38-27-29-41-42-28-25-33-13-8-10-19-40(33)47(42)52(46(41)31-38)36-16-5-2-6-17-36/h1-31H. The molecule has 0 atom stereocenters. The number of fused-ring (bicyclic) bond motifs is 9. The van der Waals surface area contributed by atoms with E-state index in [2.05, 4.69) is 161 Å². The molecule has 4 heteroatoms. The first-order valence-corrected chi connectivity index (χ1v) is 18.0. The number of oxazole rings is 1. The van der Waals surface area contributed by atoms with Crippen molar-refractivity contribution in [1.29, 1.82) is 0 Å². The van der Waals surface area contributed by atoms with Gasteiger partial charge in [-0.05, 0) is 87.6 Å². The van der Waals surface area contributed by atoms with E-state index < -0.39 is 0 Å². The van der Waals surface area contributed by atoms with Crippen LogP contribution in [0.1, 0.15) is 0 Å². The van der Waals surface area contributed by atoms with Gasteiger partial charge < -0.3 is 13.9 Å². The average molecular weight is 678 g/mol. The Hall–Kier alpha value is -7.17. The Bertz CT molecular complexity index is 3180. The fraction of sp³-hybridized carbons (Fsp3) is 0. The van der Waals surface area contributed by atoms with Gasteiger partial charge in [0, 0.05) is 38.8 Å². The lowest BCUT2D eigenvalue weighted by Gasteiger charge is -2.26. The molecule has 0 N–H and O–H groups in total. The molecule has 9 aromatic carbocycles. The second kappa shape index (κ2) is 11.7. The Balaban J connectivity index is 1.22. The molecule has 0 spiro atoms. The SMILES string of the molecule is c1ccc(-c2nc3cccc(N(c4ccc5ccc6ccccc6c5c4)c4ccc5c6ccc7ccccc7c6n(-c6ccccc6)c5c4)c3o2)cc1. The molecule has 2 aromatic heterocycles. The summed E-state index contributed by atoms with van der Waals surface area (Å²) in [6.45, 7) is 0. The van der Waals surface area contributed by atoms with Gasteiger partial charge >= 0.3 is 0 Å². The lowest BCUT2D eigenvalue weighted by atomic mass is 10.0. The van der Waals surface area contributed by atoms with Gasteiger partial charge in [-0.2, -0.15) is 0 Å². The minimum Gasteiger partial charge on any atom is -0.434 e. The third-order valence-electron chi connectivity index (χ3n) is 10.6. The number of hydrogen-bond donors (Lipinski definition) is 0. The topological polar surface area (TPSA) is 34.2 Å². The van der Waals surface area contributed by atoms with Gasteiger partial charge in [0.25, 0.3) is 0 Å². The lowest BCUT2D eigenvalue weighted by molar-refractivity contribution is 0.620. The number of anilines is 3. The summed E-state index contributed by atoms with van der Waals surface area (Å²) in [4.78, 5) is 7.30. The van der Waals surface area contributed by atoms with Crippen molar-refractivity contribution in [2.45, 2.75) is 0 Å². The zero-order valence-electron chi connectivity index (χ0n) is 28.6. The normalized spacial score (nSPS) is 11.8. The van der Waals surface area contributed by atoms with E-state index >= 15 is 0 Å². The highest BCUT2D eigenvalue weighted by atomic mass is 16.3. The molecule has 11 rings (SSSR count). The smallest absolute Gasteiger partial charge is 0.227 e. The Labute approximate surface area is 305 Å². The molecule has 0 saturated carbocycles. The average Bonchev–Trinajstić information content (AvgIpc) is 3.82. The molecule has 0 amide bonds. The van der Waals surface area contributed by atoms with Crippen LogP contribution >= 0.6 is 0 Å². The van der Waals surface area contributed by atoms with Crippen LogP contribution < -0.4 is 4.90 Å². The zero-order valence-corrected chi connectivity index (χ0v) is 28.6. The van der Waals surface area contributed by atoms with Gasteiger partial charge in [0.2, 0.25) is 5.89 Å². The van der Waals surface area contributed by atoms with Gasteiger partial charge in [-0.3, -0.25) is 0 Å². The van der Waals surface area contributed by atoms with Crippen LogP contribution in [0.3, 0.4) is 0 Å². The second-order valence-corrected chi connectivity index (χ2v) is 13.6. The minimum atomic E-state index is 0.601. The highest BCUT2D eigenvalue weighted by molar-refractivity contribution is 6.19. The van der Waals surface area contributed by atoms with Crippen molar-refractivity contribution >= 4 is 82.3 Å². The number of rotatable bonds is 5. The number of aromatic nitrogens is 2. The summed E-state index contributed by atoms with van der Waals surface area (Å²) in [5.41, 5.74) is 8.92. The van der Waals surface area contributed by atoms with Gasteiger partial charge in [0.15, 0.2) is 5.58 Å². The van der Waals surface area contributed by atoms with Crippen molar-refractivity contribution in [3.63, 3.8) is 0 Å². The highest BCUT2D eigenvalue weighted by Crippen LogP contribution is 2.44. The summed E-state index contributed by atoms with van der Waals surface area (Å²) < 4.78 is 9.11. The highest BCUT2D eigenvalue weighted by Gasteiger charge is 2.23. The first kappa shape index (κ1) is 29.5. The third-order valence-corrected chi connectivity index (χ3v) is 10.6. The molecule has 0 aliphatic rings. The first-order chi connectivity index (χ1) is 26.3. The molecule has 2 heterocycles. The summed E-state index contributed by atoms with van der Waals surface area (Å²) in [5.74, 6) is 0.601. The Morgan fingerprint density at radius 1 is 0.453 bits per heavy atom. The van der Waals surface area contributed by atoms with Crippen molar-refractivity contribution in [2.75, 3.05) is 4.90 Å². The monoisotopic (exact) mass is 677 g/mol. The predicted molar refractivity (Wildman–Crippen MR) is 221 cm³/mol. The van der Waals surface area contributed by atoms with Gasteiger partial charge in [-0.25, -0.2) is 4.98 Å². The van der Waals surface area contributed by atoms with Crippen LogP contribution in [0.2, 0.25) is 0 Å². The van der Waals surface area contributed by atoms with Gasteiger partial charge in [-0.15, -0.1) is 0 Å². The number of hydrogen-bond acceptors (Lipinski definition) is 3. The van der Waals surface area contributed by atoms with E-state index in [1.54, 1.807) is 0 Å². The van der Waals surface area contributed by atoms with Crippen LogP contribution in [-0.2, 0) is 0 Å². The molecular formula is C49H31N3O. The molecule has 0 unspecified atom stereocenters. The van der Waals surface area contributed by atoms with E-state index in [4.69, 9.17) is 9.40 Å². The molecule has 0 fully saturated rings. The van der Waals surface area contributed by atoms with Gasteiger partial charge in [0.1, 0.15) is 5.52 Å². The number of para-hydroxylation sites is 2. The molecule has 0 aliphatic heterocycles. The molecule has 0 saturated heterocycles. The van der Waals surface area contributed by atoms with Crippen molar-refractivity contribution in [2.24, 2.45) is 0 Å². The maximum atomic E-state index is 6.69.